The van der Waals surface area contributed by atoms with Crippen molar-refractivity contribution in [3.63, 3.8) is 0 Å². The first kappa shape index (κ1) is 13.5. The Morgan fingerprint density at radius 1 is 1.59 bits per heavy atom. The van der Waals surface area contributed by atoms with E-state index >= 15 is 0 Å². The molecular formula is C12H19BrN2OS. The molecular weight excluding hydrogens is 300 g/mol. The van der Waals surface area contributed by atoms with E-state index < -0.39 is 0 Å². The van der Waals surface area contributed by atoms with Crippen molar-refractivity contribution in [2.45, 2.75) is 12.6 Å². The van der Waals surface area contributed by atoms with E-state index in [9.17, 15) is 0 Å². The first-order valence-electron chi connectivity index (χ1n) is 5.85. The molecule has 0 bridgehead atoms. The van der Waals surface area contributed by atoms with Gasteiger partial charge in [-0.2, -0.15) is 0 Å². The van der Waals surface area contributed by atoms with Crippen LogP contribution in [-0.2, 0) is 11.3 Å². The Morgan fingerprint density at radius 3 is 3.06 bits per heavy atom. The molecule has 3 nitrogen and oxygen atoms in total. The Labute approximate surface area is 115 Å². The number of halogens is 1. The van der Waals surface area contributed by atoms with Gasteiger partial charge in [-0.15, -0.1) is 11.3 Å². The van der Waals surface area contributed by atoms with Gasteiger partial charge in [-0.25, -0.2) is 0 Å². The van der Waals surface area contributed by atoms with Crippen molar-refractivity contribution in [1.82, 2.24) is 10.2 Å². The Bertz CT molecular complexity index is 358. The fourth-order valence-electron chi connectivity index (χ4n) is 2.27. The Kier molecular flexibility index (Phi) is 4.99. The molecule has 1 aromatic rings. The lowest BCUT2D eigenvalue weighted by Gasteiger charge is -2.23. The molecule has 0 aliphatic carbocycles. The summed E-state index contributed by atoms with van der Waals surface area (Å²) in [6.45, 7) is 3.83. The summed E-state index contributed by atoms with van der Waals surface area (Å²) in [6.07, 6.45) is 0. The van der Waals surface area contributed by atoms with Gasteiger partial charge >= 0.3 is 0 Å². The van der Waals surface area contributed by atoms with Crippen LogP contribution in [0.3, 0.4) is 0 Å². The average Bonchev–Trinajstić information content (AvgIpc) is 2.87. The number of rotatable bonds is 5. The summed E-state index contributed by atoms with van der Waals surface area (Å²) >= 11 is 5.30. The third-order valence-electron chi connectivity index (χ3n) is 3.16. The zero-order valence-corrected chi connectivity index (χ0v) is 12.7. The number of nitrogens with zero attached hydrogens (tertiary/aromatic N) is 1. The zero-order chi connectivity index (χ0) is 12.3. The number of hydrogen-bond donors (Lipinski definition) is 1. The van der Waals surface area contributed by atoms with Crippen LogP contribution in [0.1, 0.15) is 4.88 Å². The van der Waals surface area contributed by atoms with E-state index in [2.05, 4.69) is 44.6 Å². The van der Waals surface area contributed by atoms with Gasteiger partial charge in [0.1, 0.15) is 0 Å². The Morgan fingerprint density at radius 2 is 2.41 bits per heavy atom. The van der Waals surface area contributed by atoms with Crippen LogP contribution in [0.25, 0.3) is 0 Å². The molecule has 0 radical (unpaired) electrons. The molecule has 1 N–H and O–H groups in total. The van der Waals surface area contributed by atoms with Gasteiger partial charge in [-0.1, -0.05) is 0 Å². The molecule has 1 aromatic heterocycles. The fraction of sp³-hybridized carbons (Fsp3) is 0.667. The highest BCUT2D eigenvalue weighted by Crippen LogP contribution is 2.22. The number of hydrogen-bond acceptors (Lipinski definition) is 4. The van der Waals surface area contributed by atoms with Gasteiger partial charge < -0.3 is 15.0 Å². The average molecular weight is 319 g/mol. The number of thiophene rings is 1. The van der Waals surface area contributed by atoms with Crippen LogP contribution < -0.4 is 5.32 Å². The first-order chi connectivity index (χ1) is 8.19. The highest BCUT2D eigenvalue weighted by molar-refractivity contribution is 9.10. The summed E-state index contributed by atoms with van der Waals surface area (Å²) in [5, 5.41) is 5.47. The summed E-state index contributed by atoms with van der Waals surface area (Å²) in [5.74, 6) is 0.605. The van der Waals surface area contributed by atoms with Crippen LogP contribution in [0.4, 0.5) is 0 Å². The van der Waals surface area contributed by atoms with Crippen molar-refractivity contribution in [2.24, 2.45) is 5.92 Å². The van der Waals surface area contributed by atoms with Gasteiger partial charge in [0.2, 0.25) is 0 Å². The minimum atomic E-state index is 0.507. The number of likely N-dealkylation sites (N-methyl/N-ethyl adjacent to an activating group) is 1. The van der Waals surface area contributed by atoms with Crippen molar-refractivity contribution < 1.29 is 4.74 Å². The second-order valence-corrected chi connectivity index (χ2v) is 6.53. The van der Waals surface area contributed by atoms with E-state index in [0.717, 1.165) is 26.3 Å². The van der Waals surface area contributed by atoms with E-state index in [1.807, 2.05) is 7.05 Å². The van der Waals surface area contributed by atoms with Gasteiger partial charge in [0.15, 0.2) is 0 Å². The van der Waals surface area contributed by atoms with Crippen molar-refractivity contribution in [3.05, 3.63) is 20.8 Å². The normalized spacial score (nSPS) is 24.7. The second kappa shape index (κ2) is 6.29. The Hall–Kier alpha value is 0.0600. The van der Waals surface area contributed by atoms with E-state index in [4.69, 9.17) is 4.74 Å². The smallest absolute Gasteiger partial charge is 0.0623 e. The molecule has 5 heteroatoms. The van der Waals surface area contributed by atoms with Crippen molar-refractivity contribution in [3.8, 4) is 0 Å². The standard InChI is InChI=1S/C12H19BrN2OS/c1-14-12-7-16-6-9(12)4-15(2)5-11-3-10(13)8-17-11/h3,8-9,12,14H,4-7H2,1-2H3. The maximum absolute atomic E-state index is 5.52. The molecule has 96 valence electrons. The molecule has 2 heterocycles. The third-order valence-corrected chi connectivity index (χ3v) is 4.85. The second-order valence-electron chi connectivity index (χ2n) is 4.62. The van der Waals surface area contributed by atoms with Gasteiger partial charge in [0.05, 0.1) is 13.2 Å². The molecule has 1 aliphatic heterocycles. The minimum Gasteiger partial charge on any atom is -0.379 e. The van der Waals surface area contributed by atoms with Crippen LogP contribution in [0, 0.1) is 5.92 Å². The summed E-state index contributed by atoms with van der Waals surface area (Å²) in [4.78, 5) is 3.78. The van der Waals surface area contributed by atoms with Crippen LogP contribution in [0.15, 0.2) is 15.9 Å². The first-order valence-corrected chi connectivity index (χ1v) is 7.52. The summed E-state index contributed by atoms with van der Waals surface area (Å²) in [5.41, 5.74) is 0. The predicted molar refractivity (Wildman–Crippen MR) is 75.5 cm³/mol. The van der Waals surface area contributed by atoms with Gasteiger partial charge in [-0.05, 0) is 36.1 Å². The fourth-order valence-corrected chi connectivity index (χ4v) is 3.80. The maximum atomic E-state index is 5.52. The molecule has 0 amide bonds. The molecule has 1 saturated heterocycles. The SMILES string of the molecule is CNC1COCC1CN(C)Cc1cc(Br)cs1. The third kappa shape index (κ3) is 3.76. The van der Waals surface area contributed by atoms with E-state index in [1.54, 1.807) is 11.3 Å². The van der Waals surface area contributed by atoms with Gasteiger partial charge in [0, 0.05) is 39.8 Å². The molecule has 2 rings (SSSR count). The molecule has 17 heavy (non-hydrogen) atoms. The molecule has 0 spiro atoms. The van der Waals surface area contributed by atoms with Gasteiger partial charge in [0.25, 0.3) is 0 Å². The predicted octanol–water partition coefficient (Wildman–Crippen LogP) is 2.18. The molecule has 0 aromatic carbocycles. The Balaban J connectivity index is 1.82. The lowest BCUT2D eigenvalue weighted by Crippen LogP contribution is -2.38. The largest absolute Gasteiger partial charge is 0.379 e. The summed E-state index contributed by atoms with van der Waals surface area (Å²) < 4.78 is 6.71. The molecule has 2 unspecified atom stereocenters. The van der Waals surface area contributed by atoms with Crippen LogP contribution in [0.2, 0.25) is 0 Å². The van der Waals surface area contributed by atoms with Crippen LogP contribution >= 0.6 is 27.3 Å². The van der Waals surface area contributed by atoms with E-state index in [0.29, 0.717) is 12.0 Å². The van der Waals surface area contributed by atoms with Crippen molar-refractivity contribution in [2.75, 3.05) is 33.9 Å². The highest BCUT2D eigenvalue weighted by atomic mass is 79.9. The van der Waals surface area contributed by atoms with Crippen molar-refractivity contribution >= 4 is 27.3 Å². The number of nitrogens with one attached hydrogen (secondary N) is 1. The summed E-state index contributed by atoms with van der Waals surface area (Å²) in [7, 11) is 4.20. The monoisotopic (exact) mass is 318 g/mol. The quantitative estimate of drug-likeness (QED) is 0.900. The molecule has 1 fully saturated rings. The maximum Gasteiger partial charge on any atom is 0.0623 e. The number of ether oxygens (including phenoxy) is 1. The van der Waals surface area contributed by atoms with E-state index in [1.165, 1.54) is 9.35 Å². The molecule has 0 saturated carbocycles. The van der Waals surface area contributed by atoms with Crippen LogP contribution in [-0.4, -0.2) is 44.8 Å². The lowest BCUT2D eigenvalue weighted by molar-refractivity contribution is 0.172. The lowest BCUT2D eigenvalue weighted by atomic mass is 10.0. The highest BCUT2D eigenvalue weighted by Gasteiger charge is 2.27. The topological polar surface area (TPSA) is 24.5 Å². The van der Waals surface area contributed by atoms with Crippen LogP contribution in [0.5, 0.6) is 0 Å². The minimum absolute atomic E-state index is 0.507. The zero-order valence-electron chi connectivity index (χ0n) is 10.3. The molecule has 2 atom stereocenters. The van der Waals surface area contributed by atoms with Gasteiger partial charge in [-0.3, -0.25) is 0 Å². The van der Waals surface area contributed by atoms with E-state index in [-0.39, 0.29) is 0 Å². The summed E-state index contributed by atoms with van der Waals surface area (Å²) in [6, 6.07) is 2.70. The van der Waals surface area contributed by atoms with Crippen molar-refractivity contribution in [1.29, 1.82) is 0 Å². The molecule has 1 aliphatic rings.